The van der Waals surface area contributed by atoms with E-state index in [1.807, 2.05) is 16.8 Å². The second-order valence-corrected chi connectivity index (χ2v) is 4.90. The number of methoxy groups -OCH3 is 1. The summed E-state index contributed by atoms with van der Waals surface area (Å²) in [6.45, 7) is 1.53. The van der Waals surface area contributed by atoms with E-state index in [1.165, 1.54) is 0 Å². The Morgan fingerprint density at radius 3 is 3.15 bits per heavy atom. The lowest BCUT2D eigenvalue weighted by Gasteiger charge is -2.08. The Bertz CT molecular complexity index is 586. The summed E-state index contributed by atoms with van der Waals surface area (Å²) < 4.78 is 7.42. The van der Waals surface area contributed by atoms with E-state index in [-0.39, 0.29) is 5.91 Å². The van der Waals surface area contributed by atoms with Crippen molar-refractivity contribution < 1.29 is 9.53 Å². The highest BCUT2D eigenvalue weighted by atomic mass is 79.9. The van der Waals surface area contributed by atoms with Gasteiger partial charge in [0.25, 0.3) is 0 Å². The molecule has 7 nitrogen and oxygen atoms in total. The minimum absolute atomic E-state index is 0.0242. The third-order valence-electron chi connectivity index (χ3n) is 2.62. The Kier molecular flexibility index (Phi) is 5.31. The van der Waals surface area contributed by atoms with Crippen LogP contribution in [0.4, 0.5) is 5.82 Å². The number of anilines is 1. The molecule has 0 unspecified atom stereocenters. The molecule has 0 aliphatic rings. The van der Waals surface area contributed by atoms with E-state index in [0.717, 1.165) is 5.65 Å². The van der Waals surface area contributed by atoms with Gasteiger partial charge in [0, 0.05) is 45.2 Å². The first-order valence-electron chi connectivity index (χ1n) is 6.19. The summed E-state index contributed by atoms with van der Waals surface area (Å²) in [5, 5.41) is 5.88. The Labute approximate surface area is 124 Å². The van der Waals surface area contributed by atoms with E-state index in [1.54, 1.807) is 13.3 Å². The molecule has 0 saturated heterocycles. The molecule has 0 aromatic carbocycles. The van der Waals surface area contributed by atoms with Gasteiger partial charge in [-0.05, 0) is 15.9 Å². The van der Waals surface area contributed by atoms with Gasteiger partial charge in [-0.15, -0.1) is 0 Å². The van der Waals surface area contributed by atoms with Crippen molar-refractivity contribution in [3.8, 4) is 0 Å². The Balaban J connectivity index is 1.86. The third-order valence-corrected chi connectivity index (χ3v) is 3.00. The normalized spacial score (nSPS) is 10.7. The van der Waals surface area contributed by atoms with Crippen LogP contribution in [0.25, 0.3) is 5.65 Å². The van der Waals surface area contributed by atoms with Crippen LogP contribution in [0.1, 0.15) is 6.42 Å². The van der Waals surface area contributed by atoms with Gasteiger partial charge >= 0.3 is 0 Å². The quantitative estimate of drug-likeness (QED) is 0.736. The van der Waals surface area contributed by atoms with E-state index < -0.39 is 0 Å². The van der Waals surface area contributed by atoms with Crippen molar-refractivity contribution in [2.75, 3.05) is 32.1 Å². The lowest BCUT2D eigenvalue weighted by atomic mass is 10.4. The summed E-state index contributed by atoms with van der Waals surface area (Å²) in [6.07, 6.45) is 5.73. The van der Waals surface area contributed by atoms with Gasteiger partial charge < -0.3 is 19.8 Å². The summed E-state index contributed by atoms with van der Waals surface area (Å²) in [5.41, 5.74) is 0.730. The number of hydrogen-bond donors (Lipinski definition) is 2. The first-order valence-corrected chi connectivity index (χ1v) is 6.98. The number of fused-ring (bicyclic) bond motifs is 1. The van der Waals surface area contributed by atoms with Gasteiger partial charge in [-0.2, -0.15) is 0 Å². The lowest BCUT2D eigenvalue weighted by Crippen LogP contribution is -2.28. The topological polar surface area (TPSA) is 80.5 Å². The number of rotatable bonds is 7. The summed E-state index contributed by atoms with van der Waals surface area (Å²) in [6, 6.07) is 0. The van der Waals surface area contributed by atoms with E-state index in [9.17, 15) is 4.79 Å². The standard InChI is InChI=1S/C12H16BrN5O2/c1-20-7-5-14-10(19)2-3-15-11-12-16-4-6-18(12)8-9(13)17-11/h4,6,8H,2-3,5,7H2,1H3,(H,14,19)(H,15,17). The monoisotopic (exact) mass is 341 g/mol. The lowest BCUT2D eigenvalue weighted by molar-refractivity contribution is -0.121. The molecule has 1 amide bonds. The number of aromatic nitrogens is 3. The van der Waals surface area contributed by atoms with Gasteiger partial charge in [0.15, 0.2) is 11.5 Å². The number of nitrogens with one attached hydrogen (secondary N) is 2. The Morgan fingerprint density at radius 2 is 2.35 bits per heavy atom. The minimum Gasteiger partial charge on any atom is -0.383 e. The molecule has 8 heteroatoms. The molecule has 2 heterocycles. The number of imidazole rings is 1. The number of hydrogen-bond acceptors (Lipinski definition) is 5. The largest absolute Gasteiger partial charge is 0.383 e. The van der Waals surface area contributed by atoms with Gasteiger partial charge in [-0.3, -0.25) is 4.79 Å². The van der Waals surface area contributed by atoms with Crippen LogP contribution in [-0.4, -0.2) is 47.1 Å². The van der Waals surface area contributed by atoms with Gasteiger partial charge in [0.2, 0.25) is 5.91 Å². The van der Waals surface area contributed by atoms with Gasteiger partial charge in [-0.1, -0.05) is 0 Å². The molecule has 0 fully saturated rings. The maximum atomic E-state index is 11.5. The molecular weight excluding hydrogens is 326 g/mol. The van der Waals surface area contributed by atoms with E-state index in [4.69, 9.17) is 4.74 Å². The molecule has 2 aromatic heterocycles. The maximum Gasteiger partial charge on any atom is 0.221 e. The first kappa shape index (κ1) is 14.7. The van der Waals surface area contributed by atoms with Crippen molar-refractivity contribution in [1.29, 1.82) is 0 Å². The number of carbonyl (C=O) groups excluding carboxylic acids is 1. The van der Waals surface area contributed by atoms with Gasteiger partial charge in [-0.25, -0.2) is 9.97 Å². The zero-order valence-corrected chi connectivity index (χ0v) is 12.7. The van der Waals surface area contributed by atoms with Gasteiger partial charge in [0.1, 0.15) is 4.60 Å². The van der Waals surface area contributed by atoms with Crippen molar-refractivity contribution in [2.24, 2.45) is 0 Å². The van der Waals surface area contributed by atoms with Crippen molar-refractivity contribution >= 4 is 33.3 Å². The van der Waals surface area contributed by atoms with Crippen LogP contribution < -0.4 is 10.6 Å². The number of halogens is 1. The SMILES string of the molecule is COCCNC(=O)CCNc1nc(Br)cn2ccnc12. The highest BCUT2D eigenvalue weighted by Crippen LogP contribution is 2.16. The molecular formula is C12H16BrN5O2. The fraction of sp³-hybridized carbons (Fsp3) is 0.417. The fourth-order valence-corrected chi connectivity index (χ4v) is 2.09. The summed E-state index contributed by atoms with van der Waals surface area (Å²) in [7, 11) is 1.60. The summed E-state index contributed by atoms with van der Waals surface area (Å²) in [5.74, 6) is 0.623. The minimum atomic E-state index is -0.0242. The molecule has 0 bridgehead atoms. The molecule has 20 heavy (non-hydrogen) atoms. The molecule has 0 saturated carbocycles. The van der Waals surface area contributed by atoms with E-state index in [0.29, 0.717) is 36.5 Å². The molecule has 0 aliphatic heterocycles. The second-order valence-electron chi connectivity index (χ2n) is 4.09. The summed E-state index contributed by atoms with van der Waals surface area (Å²) in [4.78, 5) is 20.1. The molecule has 108 valence electrons. The first-order chi connectivity index (χ1) is 9.70. The predicted molar refractivity (Wildman–Crippen MR) is 78.7 cm³/mol. The zero-order valence-electron chi connectivity index (χ0n) is 11.1. The summed E-state index contributed by atoms with van der Waals surface area (Å²) >= 11 is 3.34. The number of carbonyl (C=O) groups is 1. The van der Waals surface area contributed by atoms with Crippen LogP contribution in [0, 0.1) is 0 Å². The average molecular weight is 342 g/mol. The number of amides is 1. The van der Waals surface area contributed by atoms with Crippen LogP contribution in [0.3, 0.4) is 0 Å². The number of nitrogens with zero attached hydrogens (tertiary/aromatic N) is 3. The zero-order chi connectivity index (χ0) is 14.4. The predicted octanol–water partition coefficient (Wildman–Crippen LogP) is 1.06. The Hall–Kier alpha value is -1.67. The molecule has 0 radical (unpaired) electrons. The smallest absolute Gasteiger partial charge is 0.221 e. The van der Waals surface area contributed by atoms with Crippen molar-refractivity contribution in [3.63, 3.8) is 0 Å². The van der Waals surface area contributed by atoms with Crippen LogP contribution in [0.5, 0.6) is 0 Å². The van der Waals surface area contributed by atoms with E-state index in [2.05, 4.69) is 36.5 Å². The van der Waals surface area contributed by atoms with Crippen LogP contribution in [0.15, 0.2) is 23.2 Å². The highest BCUT2D eigenvalue weighted by Gasteiger charge is 2.07. The average Bonchev–Trinajstić information content (AvgIpc) is 2.87. The van der Waals surface area contributed by atoms with Gasteiger partial charge in [0.05, 0.1) is 6.61 Å². The molecule has 0 spiro atoms. The molecule has 0 aliphatic carbocycles. The maximum absolute atomic E-state index is 11.5. The van der Waals surface area contributed by atoms with Crippen LogP contribution in [0.2, 0.25) is 0 Å². The molecule has 2 rings (SSSR count). The second kappa shape index (κ2) is 7.20. The molecule has 2 aromatic rings. The van der Waals surface area contributed by atoms with Crippen molar-refractivity contribution in [1.82, 2.24) is 19.7 Å². The van der Waals surface area contributed by atoms with Crippen molar-refractivity contribution in [3.05, 3.63) is 23.2 Å². The third kappa shape index (κ3) is 3.91. The number of ether oxygens (including phenoxy) is 1. The highest BCUT2D eigenvalue weighted by molar-refractivity contribution is 9.10. The van der Waals surface area contributed by atoms with Crippen LogP contribution in [-0.2, 0) is 9.53 Å². The van der Waals surface area contributed by atoms with E-state index >= 15 is 0 Å². The molecule has 2 N–H and O–H groups in total. The Morgan fingerprint density at radius 1 is 1.50 bits per heavy atom. The fourth-order valence-electron chi connectivity index (χ4n) is 1.69. The van der Waals surface area contributed by atoms with Crippen molar-refractivity contribution in [2.45, 2.75) is 6.42 Å². The molecule has 0 atom stereocenters. The van der Waals surface area contributed by atoms with Crippen LogP contribution >= 0.6 is 15.9 Å².